The molecule has 0 spiro atoms. The van der Waals surface area contributed by atoms with E-state index in [1.54, 1.807) is 29.4 Å². The Balaban J connectivity index is 1.60. The molecule has 0 unspecified atom stereocenters. The Morgan fingerprint density at radius 2 is 2.04 bits per heavy atom. The molecule has 136 valence electrons. The van der Waals surface area contributed by atoms with Crippen LogP contribution in [0.1, 0.15) is 12.5 Å². The van der Waals surface area contributed by atoms with Crippen LogP contribution in [0.15, 0.2) is 66.4 Å². The van der Waals surface area contributed by atoms with Gasteiger partial charge in [-0.05, 0) is 36.8 Å². The Morgan fingerprint density at radius 3 is 2.73 bits per heavy atom. The number of halogens is 1. The number of hydrogen-bond acceptors (Lipinski definition) is 2. The molecule has 26 heavy (non-hydrogen) atoms. The predicted molar refractivity (Wildman–Crippen MR) is 101 cm³/mol. The Hall–Kier alpha value is -3.09. The van der Waals surface area contributed by atoms with Crippen LogP contribution in [-0.2, 0) is 13.1 Å². The summed E-state index contributed by atoms with van der Waals surface area (Å²) in [5.74, 6) is 0.431. The van der Waals surface area contributed by atoms with Crippen molar-refractivity contribution in [1.82, 2.24) is 24.8 Å². The molecule has 0 amide bonds. The van der Waals surface area contributed by atoms with Crippen molar-refractivity contribution < 1.29 is 4.39 Å². The molecule has 0 radical (unpaired) electrons. The second kappa shape index (κ2) is 8.84. The number of nitrogens with zero attached hydrogens (tertiary/aromatic N) is 4. The number of aliphatic imine (C=N–C) groups is 1. The maximum Gasteiger partial charge on any atom is 0.191 e. The number of aromatic nitrogens is 3. The van der Waals surface area contributed by atoms with Gasteiger partial charge < -0.3 is 19.8 Å². The molecule has 6 nitrogen and oxygen atoms in total. The third-order valence-electron chi connectivity index (χ3n) is 3.89. The van der Waals surface area contributed by atoms with Gasteiger partial charge in [0.05, 0.1) is 18.6 Å². The largest absolute Gasteiger partial charge is 0.357 e. The van der Waals surface area contributed by atoms with E-state index >= 15 is 0 Å². The minimum Gasteiger partial charge on any atom is -0.357 e. The van der Waals surface area contributed by atoms with E-state index in [1.807, 2.05) is 37.5 Å². The highest BCUT2D eigenvalue weighted by Crippen LogP contribution is 2.15. The molecule has 0 aliphatic carbocycles. The van der Waals surface area contributed by atoms with Crippen LogP contribution >= 0.6 is 0 Å². The third kappa shape index (κ3) is 4.72. The maximum absolute atomic E-state index is 14.3. The predicted octanol–water partition coefficient (Wildman–Crippen LogP) is 2.57. The molecule has 0 fully saturated rings. The van der Waals surface area contributed by atoms with E-state index in [0.717, 1.165) is 31.2 Å². The first-order valence-electron chi connectivity index (χ1n) is 8.66. The van der Waals surface area contributed by atoms with Crippen LogP contribution in [-0.4, -0.2) is 33.2 Å². The molecule has 3 aromatic rings. The average molecular weight is 354 g/mol. The summed E-state index contributed by atoms with van der Waals surface area (Å²) in [4.78, 5) is 8.48. The molecule has 2 aromatic heterocycles. The van der Waals surface area contributed by atoms with Crippen molar-refractivity contribution in [1.29, 1.82) is 0 Å². The van der Waals surface area contributed by atoms with Gasteiger partial charge in [0.25, 0.3) is 0 Å². The van der Waals surface area contributed by atoms with Crippen molar-refractivity contribution in [2.24, 2.45) is 4.99 Å². The zero-order valence-corrected chi connectivity index (χ0v) is 14.8. The SMILES string of the molecule is CCNC(=NCc1ccc(-n2ccnc2)c(F)c1)NCCn1cccc1. The molecular weight excluding hydrogens is 331 g/mol. The van der Waals surface area contributed by atoms with Gasteiger partial charge in [0.15, 0.2) is 5.96 Å². The molecule has 7 heteroatoms. The number of benzene rings is 1. The summed E-state index contributed by atoms with van der Waals surface area (Å²) in [7, 11) is 0. The quantitative estimate of drug-likeness (QED) is 0.506. The minimum atomic E-state index is -0.290. The molecule has 0 saturated heterocycles. The first kappa shape index (κ1) is 17.7. The lowest BCUT2D eigenvalue weighted by atomic mass is 10.2. The average Bonchev–Trinajstić information content (AvgIpc) is 3.33. The summed E-state index contributed by atoms with van der Waals surface area (Å²) in [5.41, 5.74) is 1.29. The summed E-state index contributed by atoms with van der Waals surface area (Å²) in [6.07, 6.45) is 8.97. The highest BCUT2D eigenvalue weighted by atomic mass is 19.1. The Bertz CT molecular complexity index is 824. The van der Waals surface area contributed by atoms with E-state index < -0.39 is 0 Å². The lowest BCUT2D eigenvalue weighted by Crippen LogP contribution is -2.38. The molecule has 1 aromatic carbocycles. The van der Waals surface area contributed by atoms with Crippen molar-refractivity contribution in [2.75, 3.05) is 13.1 Å². The molecule has 0 bridgehead atoms. The third-order valence-corrected chi connectivity index (χ3v) is 3.89. The van der Waals surface area contributed by atoms with E-state index in [0.29, 0.717) is 12.2 Å². The van der Waals surface area contributed by atoms with E-state index in [9.17, 15) is 4.39 Å². The maximum atomic E-state index is 14.3. The van der Waals surface area contributed by atoms with Crippen molar-refractivity contribution in [3.05, 3.63) is 72.8 Å². The van der Waals surface area contributed by atoms with Crippen molar-refractivity contribution in [3.8, 4) is 5.69 Å². The normalized spacial score (nSPS) is 11.5. The smallest absolute Gasteiger partial charge is 0.191 e. The molecular formula is C19H23FN6. The summed E-state index contributed by atoms with van der Waals surface area (Å²) in [6, 6.07) is 9.14. The topological polar surface area (TPSA) is 59.2 Å². The van der Waals surface area contributed by atoms with Gasteiger partial charge >= 0.3 is 0 Å². The number of hydrogen-bond donors (Lipinski definition) is 2. The van der Waals surface area contributed by atoms with Gasteiger partial charge in [0, 0.05) is 44.4 Å². The van der Waals surface area contributed by atoms with Crippen molar-refractivity contribution in [3.63, 3.8) is 0 Å². The van der Waals surface area contributed by atoms with Gasteiger partial charge in [-0.3, -0.25) is 0 Å². The zero-order chi connectivity index (χ0) is 18.2. The molecule has 0 aliphatic rings. The molecule has 0 atom stereocenters. The van der Waals surface area contributed by atoms with E-state index in [4.69, 9.17) is 0 Å². The van der Waals surface area contributed by atoms with Crippen LogP contribution in [0, 0.1) is 5.82 Å². The number of guanidine groups is 1. The molecule has 0 aliphatic heterocycles. The van der Waals surface area contributed by atoms with Crippen LogP contribution < -0.4 is 10.6 Å². The van der Waals surface area contributed by atoms with Gasteiger partial charge in [-0.1, -0.05) is 6.07 Å². The number of nitrogens with one attached hydrogen (secondary N) is 2. The van der Waals surface area contributed by atoms with Gasteiger partial charge in [-0.25, -0.2) is 14.4 Å². The molecule has 2 heterocycles. The summed E-state index contributed by atoms with van der Waals surface area (Å²) >= 11 is 0. The van der Waals surface area contributed by atoms with Crippen LogP contribution in [0.4, 0.5) is 4.39 Å². The molecule has 2 N–H and O–H groups in total. The standard InChI is InChI=1S/C19H23FN6/c1-2-22-19(23-8-11-25-9-3-4-10-25)24-14-16-5-6-18(17(20)13-16)26-12-7-21-15-26/h3-7,9-10,12-13,15H,2,8,11,14H2,1H3,(H2,22,23,24). The first-order chi connectivity index (χ1) is 12.8. The number of rotatable bonds is 7. The fourth-order valence-electron chi connectivity index (χ4n) is 2.59. The van der Waals surface area contributed by atoms with Crippen LogP contribution in [0.3, 0.4) is 0 Å². The molecule has 0 saturated carbocycles. The summed E-state index contributed by atoms with van der Waals surface area (Å²) in [5, 5.41) is 6.49. The van der Waals surface area contributed by atoms with Gasteiger partial charge in [-0.15, -0.1) is 0 Å². The Morgan fingerprint density at radius 1 is 1.19 bits per heavy atom. The summed E-state index contributed by atoms with van der Waals surface area (Å²) in [6.45, 7) is 4.80. The fourth-order valence-corrected chi connectivity index (χ4v) is 2.59. The van der Waals surface area contributed by atoms with Crippen LogP contribution in [0.5, 0.6) is 0 Å². The second-order valence-corrected chi connectivity index (χ2v) is 5.80. The van der Waals surface area contributed by atoms with Gasteiger partial charge in [0.2, 0.25) is 0 Å². The highest BCUT2D eigenvalue weighted by molar-refractivity contribution is 5.79. The van der Waals surface area contributed by atoms with Crippen LogP contribution in [0.25, 0.3) is 5.69 Å². The van der Waals surface area contributed by atoms with Gasteiger partial charge in [-0.2, -0.15) is 0 Å². The molecule has 3 rings (SSSR count). The second-order valence-electron chi connectivity index (χ2n) is 5.80. The minimum absolute atomic E-state index is 0.290. The van der Waals surface area contributed by atoms with Crippen molar-refractivity contribution in [2.45, 2.75) is 20.0 Å². The summed E-state index contributed by atoms with van der Waals surface area (Å²) < 4.78 is 18.1. The fraction of sp³-hybridized carbons (Fsp3) is 0.263. The van der Waals surface area contributed by atoms with Crippen molar-refractivity contribution >= 4 is 5.96 Å². The van der Waals surface area contributed by atoms with E-state index in [-0.39, 0.29) is 5.82 Å². The van der Waals surface area contributed by atoms with Gasteiger partial charge in [0.1, 0.15) is 5.82 Å². The highest BCUT2D eigenvalue weighted by Gasteiger charge is 2.05. The van der Waals surface area contributed by atoms with Crippen LogP contribution in [0.2, 0.25) is 0 Å². The first-order valence-corrected chi connectivity index (χ1v) is 8.66. The van der Waals surface area contributed by atoms with E-state index in [2.05, 4.69) is 25.2 Å². The lowest BCUT2D eigenvalue weighted by Gasteiger charge is -2.12. The lowest BCUT2D eigenvalue weighted by molar-refractivity contribution is 0.615. The monoisotopic (exact) mass is 354 g/mol. The van der Waals surface area contributed by atoms with E-state index in [1.165, 1.54) is 6.07 Å². The zero-order valence-electron chi connectivity index (χ0n) is 14.8. The number of imidazole rings is 1. The Labute approximate surface area is 152 Å². The Kier molecular flexibility index (Phi) is 6.03.